The van der Waals surface area contributed by atoms with Crippen LogP contribution in [0.1, 0.15) is 12.0 Å². The van der Waals surface area contributed by atoms with E-state index in [1.165, 1.54) is 30.6 Å². The Kier molecular flexibility index (Phi) is 3.81. The molecule has 3 nitrogen and oxygen atoms in total. The van der Waals surface area contributed by atoms with Crippen molar-refractivity contribution in [2.45, 2.75) is 6.42 Å². The molecular formula is C18H21N3. The summed E-state index contributed by atoms with van der Waals surface area (Å²) in [6.07, 6.45) is 1.27. The molecule has 0 saturated carbocycles. The van der Waals surface area contributed by atoms with Gasteiger partial charge in [-0.2, -0.15) is 5.26 Å². The molecule has 3 rings (SSSR count). The Morgan fingerprint density at radius 2 is 2.00 bits per heavy atom. The van der Waals surface area contributed by atoms with Crippen molar-refractivity contribution in [1.82, 2.24) is 4.90 Å². The lowest BCUT2D eigenvalue weighted by Gasteiger charge is -2.25. The fourth-order valence-electron chi connectivity index (χ4n) is 3.37. The maximum atomic E-state index is 9.25. The van der Waals surface area contributed by atoms with Crippen LogP contribution < -0.4 is 4.90 Å². The highest BCUT2D eigenvalue weighted by atomic mass is 15.2. The molecule has 2 aromatic rings. The second-order valence-electron chi connectivity index (χ2n) is 6.09. The highest BCUT2D eigenvalue weighted by molar-refractivity contribution is 5.97. The van der Waals surface area contributed by atoms with Gasteiger partial charge in [0, 0.05) is 36.6 Å². The van der Waals surface area contributed by atoms with Gasteiger partial charge in [0.15, 0.2) is 0 Å². The summed E-state index contributed by atoms with van der Waals surface area (Å²) in [5.74, 6) is 0.731. The number of hydrogen-bond donors (Lipinski definition) is 0. The molecule has 1 aliphatic heterocycles. The molecule has 1 unspecified atom stereocenters. The number of hydrogen-bond acceptors (Lipinski definition) is 3. The highest BCUT2D eigenvalue weighted by Gasteiger charge is 2.21. The van der Waals surface area contributed by atoms with E-state index < -0.39 is 0 Å². The van der Waals surface area contributed by atoms with E-state index in [1.807, 2.05) is 24.3 Å². The lowest BCUT2D eigenvalue weighted by molar-refractivity contribution is 0.396. The molecule has 0 bridgehead atoms. The molecule has 1 heterocycles. The van der Waals surface area contributed by atoms with E-state index in [1.54, 1.807) is 0 Å². The Bertz CT molecular complexity index is 686. The predicted octanol–water partition coefficient (Wildman–Crippen LogP) is 3.10. The van der Waals surface area contributed by atoms with Crippen molar-refractivity contribution in [3.8, 4) is 6.07 Å². The summed E-state index contributed by atoms with van der Waals surface area (Å²) >= 11 is 0. The number of fused-ring (bicyclic) bond motifs is 1. The van der Waals surface area contributed by atoms with Crippen LogP contribution in [0.25, 0.3) is 10.8 Å². The average molecular weight is 279 g/mol. The quantitative estimate of drug-likeness (QED) is 0.865. The lowest BCUT2D eigenvalue weighted by Crippen LogP contribution is -2.27. The molecule has 0 aliphatic carbocycles. The van der Waals surface area contributed by atoms with Crippen molar-refractivity contribution >= 4 is 16.5 Å². The van der Waals surface area contributed by atoms with Gasteiger partial charge in [-0.3, -0.25) is 0 Å². The molecule has 1 atom stereocenters. The zero-order chi connectivity index (χ0) is 14.8. The summed E-state index contributed by atoms with van der Waals surface area (Å²) in [6, 6.07) is 14.5. The Morgan fingerprint density at radius 1 is 1.24 bits per heavy atom. The minimum Gasteiger partial charge on any atom is -0.374 e. The SMILES string of the molecule is CN1CCC(CN(C)c2ccc(C#N)c3ccccc23)C1. The van der Waals surface area contributed by atoms with Crippen LogP contribution in [-0.2, 0) is 0 Å². The molecule has 2 aromatic carbocycles. The predicted molar refractivity (Wildman–Crippen MR) is 87.5 cm³/mol. The minimum absolute atomic E-state index is 0.731. The minimum atomic E-state index is 0.731. The van der Waals surface area contributed by atoms with E-state index >= 15 is 0 Å². The molecular weight excluding hydrogens is 258 g/mol. The number of anilines is 1. The van der Waals surface area contributed by atoms with Crippen LogP contribution in [0.4, 0.5) is 5.69 Å². The monoisotopic (exact) mass is 279 g/mol. The molecule has 0 amide bonds. The number of nitriles is 1. The largest absolute Gasteiger partial charge is 0.374 e. The average Bonchev–Trinajstić information content (AvgIpc) is 2.91. The molecule has 0 aromatic heterocycles. The van der Waals surface area contributed by atoms with E-state index in [2.05, 4.69) is 42.1 Å². The van der Waals surface area contributed by atoms with Gasteiger partial charge in [0.05, 0.1) is 11.6 Å². The number of likely N-dealkylation sites (tertiary alicyclic amines) is 1. The van der Waals surface area contributed by atoms with Crippen LogP contribution in [0.3, 0.4) is 0 Å². The third-order valence-corrected chi connectivity index (χ3v) is 4.45. The van der Waals surface area contributed by atoms with Gasteiger partial charge in [0.1, 0.15) is 0 Å². The summed E-state index contributed by atoms with van der Waals surface area (Å²) < 4.78 is 0. The van der Waals surface area contributed by atoms with Gasteiger partial charge in [-0.1, -0.05) is 24.3 Å². The Labute approximate surface area is 126 Å². The molecule has 0 radical (unpaired) electrons. The smallest absolute Gasteiger partial charge is 0.0998 e. The number of nitrogens with zero attached hydrogens (tertiary/aromatic N) is 3. The van der Waals surface area contributed by atoms with Crippen molar-refractivity contribution in [1.29, 1.82) is 5.26 Å². The van der Waals surface area contributed by atoms with Crippen molar-refractivity contribution in [2.24, 2.45) is 5.92 Å². The normalized spacial score (nSPS) is 18.8. The van der Waals surface area contributed by atoms with Crippen LogP contribution >= 0.6 is 0 Å². The van der Waals surface area contributed by atoms with Crippen molar-refractivity contribution < 1.29 is 0 Å². The Balaban J connectivity index is 1.91. The molecule has 1 aliphatic rings. The van der Waals surface area contributed by atoms with Crippen LogP contribution in [0.5, 0.6) is 0 Å². The van der Waals surface area contributed by atoms with Crippen LogP contribution in [0, 0.1) is 17.2 Å². The van der Waals surface area contributed by atoms with E-state index in [0.29, 0.717) is 0 Å². The summed E-state index contributed by atoms with van der Waals surface area (Å²) in [4.78, 5) is 4.74. The van der Waals surface area contributed by atoms with Crippen LogP contribution in [0.2, 0.25) is 0 Å². The van der Waals surface area contributed by atoms with Crippen LogP contribution in [-0.4, -0.2) is 38.6 Å². The zero-order valence-corrected chi connectivity index (χ0v) is 12.7. The first-order valence-corrected chi connectivity index (χ1v) is 7.50. The second-order valence-corrected chi connectivity index (χ2v) is 6.09. The lowest BCUT2D eigenvalue weighted by atomic mass is 10.0. The topological polar surface area (TPSA) is 30.3 Å². The maximum absolute atomic E-state index is 9.25. The fraction of sp³-hybridized carbons (Fsp3) is 0.389. The summed E-state index contributed by atoms with van der Waals surface area (Å²) in [5, 5.41) is 11.5. The standard InChI is InChI=1S/C18H21N3/c1-20-10-9-14(12-20)13-21(2)18-8-7-15(11-19)16-5-3-4-6-17(16)18/h3-8,14H,9-10,12-13H2,1-2H3. The molecule has 3 heteroatoms. The van der Waals surface area contributed by atoms with E-state index in [-0.39, 0.29) is 0 Å². The van der Waals surface area contributed by atoms with E-state index in [9.17, 15) is 5.26 Å². The van der Waals surface area contributed by atoms with Crippen molar-refractivity contribution in [3.05, 3.63) is 42.0 Å². The third-order valence-electron chi connectivity index (χ3n) is 4.45. The van der Waals surface area contributed by atoms with Gasteiger partial charge in [0.2, 0.25) is 0 Å². The number of benzene rings is 2. The third kappa shape index (κ3) is 2.72. The summed E-state index contributed by atoms with van der Waals surface area (Å²) in [7, 11) is 4.35. The Hall–Kier alpha value is -2.05. The molecule has 21 heavy (non-hydrogen) atoms. The Morgan fingerprint density at radius 3 is 2.67 bits per heavy atom. The molecule has 0 spiro atoms. The fourth-order valence-corrected chi connectivity index (χ4v) is 3.37. The van der Waals surface area contributed by atoms with E-state index in [0.717, 1.165) is 23.4 Å². The summed E-state index contributed by atoms with van der Waals surface area (Å²) in [6.45, 7) is 3.45. The first kappa shape index (κ1) is 13.9. The number of rotatable bonds is 3. The van der Waals surface area contributed by atoms with Gasteiger partial charge in [-0.15, -0.1) is 0 Å². The first-order valence-electron chi connectivity index (χ1n) is 7.50. The second kappa shape index (κ2) is 5.75. The first-order chi connectivity index (χ1) is 10.2. The highest BCUT2D eigenvalue weighted by Crippen LogP contribution is 2.29. The molecule has 108 valence electrons. The van der Waals surface area contributed by atoms with Crippen molar-refractivity contribution in [2.75, 3.05) is 38.6 Å². The van der Waals surface area contributed by atoms with Crippen LogP contribution in [0.15, 0.2) is 36.4 Å². The van der Waals surface area contributed by atoms with Gasteiger partial charge in [-0.05, 0) is 38.1 Å². The zero-order valence-electron chi connectivity index (χ0n) is 12.7. The van der Waals surface area contributed by atoms with E-state index in [4.69, 9.17) is 0 Å². The maximum Gasteiger partial charge on any atom is 0.0998 e. The molecule has 1 fully saturated rings. The van der Waals surface area contributed by atoms with Gasteiger partial charge >= 0.3 is 0 Å². The van der Waals surface area contributed by atoms with Gasteiger partial charge < -0.3 is 9.80 Å². The van der Waals surface area contributed by atoms with Gasteiger partial charge in [-0.25, -0.2) is 0 Å². The van der Waals surface area contributed by atoms with Crippen molar-refractivity contribution in [3.63, 3.8) is 0 Å². The summed E-state index contributed by atoms with van der Waals surface area (Å²) in [5.41, 5.74) is 1.97. The molecule has 0 N–H and O–H groups in total. The molecule has 1 saturated heterocycles. The van der Waals surface area contributed by atoms with Gasteiger partial charge in [0.25, 0.3) is 0 Å².